The minimum atomic E-state index is -0.593. The molecule has 1 heterocycles. The van der Waals surface area contributed by atoms with Gasteiger partial charge in [0.15, 0.2) is 0 Å². The molecule has 0 aromatic carbocycles. The SMILES string of the molecule is CCC(C)C1CS(=O)CCC(C)N1. The van der Waals surface area contributed by atoms with Crippen molar-refractivity contribution in [3.8, 4) is 0 Å². The molecule has 2 nitrogen and oxygen atoms in total. The topological polar surface area (TPSA) is 29.1 Å². The lowest BCUT2D eigenvalue weighted by Gasteiger charge is -2.24. The molecule has 4 atom stereocenters. The van der Waals surface area contributed by atoms with Crippen molar-refractivity contribution in [2.75, 3.05) is 11.5 Å². The summed E-state index contributed by atoms with van der Waals surface area (Å²) in [6, 6.07) is 0.994. The van der Waals surface area contributed by atoms with E-state index in [0.29, 0.717) is 18.0 Å². The Morgan fingerprint density at radius 2 is 2.31 bits per heavy atom. The monoisotopic (exact) mass is 203 g/mol. The zero-order valence-electron chi connectivity index (χ0n) is 8.88. The van der Waals surface area contributed by atoms with Gasteiger partial charge in [-0.05, 0) is 19.3 Å². The van der Waals surface area contributed by atoms with Crippen molar-refractivity contribution in [3.05, 3.63) is 0 Å². The fourth-order valence-electron chi connectivity index (χ4n) is 1.70. The van der Waals surface area contributed by atoms with Crippen LogP contribution in [-0.4, -0.2) is 27.8 Å². The summed E-state index contributed by atoms with van der Waals surface area (Å²) in [5.41, 5.74) is 0. The summed E-state index contributed by atoms with van der Waals surface area (Å²) in [5.74, 6) is 2.37. The van der Waals surface area contributed by atoms with Gasteiger partial charge in [0.25, 0.3) is 0 Å². The normalized spacial score (nSPS) is 38.2. The Kier molecular flexibility index (Phi) is 4.39. The first-order valence-corrected chi connectivity index (χ1v) is 6.73. The number of hydrogen-bond donors (Lipinski definition) is 1. The fourth-order valence-corrected chi connectivity index (χ4v) is 3.31. The average molecular weight is 203 g/mol. The molecule has 78 valence electrons. The molecule has 13 heavy (non-hydrogen) atoms. The Morgan fingerprint density at radius 1 is 1.62 bits per heavy atom. The lowest BCUT2D eigenvalue weighted by molar-refractivity contribution is 0.362. The molecule has 1 fully saturated rings. The molecular weight excluding hydrogens is 182 g/mol. The van der Waals surface area contributed by atoms with Crippen LogP contribution in [0.25, 0.3) is 0 Å². The van der Waals surface area contributed by atoms with Crippen LogP contribution < -0.4 is 5.32 Å². The van der Waals surface area contributed by atoms with Gasteiger partial charge in [-0.25, -0.2) is 0 Å². The van der Waals surface area contributed by atoms with E-state index in [4.69, 9.17) is 0 Å². The van der Waals surface area contributed by atoms with Crippen LogP contribution in [0.1, 0.15) is 33.6 Å². The van der Waals surface area contributed by atoms with Crippen LogP contribution in [0.5, 0.6) is 0 Å². The average Bonchev–Trinajstić information content (AvgIpc) is 2.27. The molecule has 0 amide bonds. The summed E-state index contributed by atoms with van der Waals surface area (Å²) in [4.78, 5) is 0. The van der Waals surface area contributed by atoms with Gasteiger partial charge in [0.1, 0.15) is 0 Å². The number of hydrogen-bond acceptors (Lipinski definition) is 2. The third-order valence-electron chi connectivity index (χ3n) is 2.97. The minimum Gasteiger partial charge on any atom is -0.310 e. The van der Waals surface area contributed by atoms with Crippen molar-refractivity contribution in [2.24, 2.45) is 5.92 Å². The van der Waals surface area contributed by atoms with E-state index in [2.05, 4.69) is 26.1 Å². The fraction of sp³-hybridized carbons (Fsp3) is 1.00. The molecular formula is C10H21NOS. The zero-order chi connectivity index (χ0) is 9.84. The number of rotatable bonds is 2. The van der Waals surface area contributed by atoms with Crippen LogP contribution in [0.3, 0.4) is 0 Å². The van der Waals surface area contributed by atoms with E-state index in [1.54, 1.807) is 0 Å². The highest BCUT2D eigenvalue weighted by Gasteiger charge is 2.23. The van der Waals surface area contributed by atoms with E-state index in [1.165, 1.54) is 6.42 Å². The highest BCUT2D eigenvalue weighted by Crippen LogP contribution is 2.14. The molecule has 0 saturated carbocycles. The second-order valence-electron chi connectivity index (χ2n) is 4.16. The van der Waals surface area contributed by atoms with Gasteiger partial charge in [0.05, 0.1) is 0 Å². The Balaban J connectivity index is 2.56. The van der Waals surface area contributed by atoms with Crippen LogP contribution in [0.2, 0.25) is 0 Å². The first kappa shape index (κ1) is 11.2. The zero-order valence-corrected chi connectivity index (χ0v) is 9.69. The van der Waals surface area contributed by atoms with Crippen molar-refractivity contribution >= 4 is 10.8 Å². The van der Waals surface area contributed by atoms with Crippen LogP contribution in [0.4, 0.5) is 0 Å². The molecule has 1 saturated heterocycles. The van der Waals surface area contributed by atoms with Crippen molar-refractivity contribution in [2.45, 2.75) is 45.7 Å². The van der Waals surface area contributed by atoms with Crippen molar-refractivity contribution in [1.29, 1.82) is 0 Å². The third kappa shape index (κ3) is 3.39. The van der Waals surface area contributed by atoms with Gasteiger partial charge in [-0.15, -0.1) is 0 Å². The summed E-state index contributed by atoms with van der Waals surface area (Å²) in [6.45, 7) is 6.63. The van der Waals surface area contributed by atoms with Gasteiger partial charge in [0, 0.05) is 34.4 Å². The molecule has 3 heteroatoms. The van der Waals surface area contributed by atoms with E-state index in [0.717, 1.165) is 17.9 Å². The largest absolute Gasteiger partial charge is 0.310 e. The van der Waals surface area contributed by atoms with Gasteiger partial charge >= 0.3 is 0 Å². The lowest BCUT2D eigenvalue weighted by atomic mass is 10.00. The van der Waals surface area contributed by atoms with Gasteiger partial charge in [0.2, 0.25) is 0 Å². The van der Waals surface area contributed by atoms with E-state index in [1.807, 2.05) is 0 Å². The standard InChI is InChI=1S/C10H21NOS/c1-4-8(2)10-7-13(12)6-5-9(3)11-10/h8-11H,4-7H2,1-3H3. The second kappa shape index (κ2) is 5.11. The molecule has 0 bridgehead atoms. The summed E-state index contributed by atoms with van der Waals surface area (Å²) in [6.07, 6.45) is 2.22. The van der Waals surface area contributed by atoms with Crippen molar-refractivity contribution in [1.82, 2.24) is 5.32 Å². The summed E-state index contributed by atoms with van der Waals surface area (Å²) < 4.78 is 11.5. The van der Waals surface area contributed by atoms with Crippen LogP contribution in [0.15, 0.2) is 0 Å². The highest BCUT2D eigenvalue weighted by atomic mass is 32.2. The molecule has 1 N–H and O–H groups in total. The maximum absolute atomic E-state index is 11.5. The van der Waals surface area contributed by atoms with E-state index < -0.39 is 10.8 Å². The van der Waals surface area contributed by atoms with Gasteiger partial charge in [-0.2, -0.15) is 0 Å². The quantitative estimate of drug-likeness (QED) is 0.737. The maximum atomic E-state index is 11.5. The molecule has 1 rings (SSSR count). The smallest absolute Gasteiger partial charge is 0.0391 e. The van der Waals surface area contributed by atoms with Crippen LogP contribution in [-0.2, 0) is 10.8 Å². The molecule has 0 spiro atoms. The van der Waals surface area contributed by atoms with E-state index in [-0.39, 0.29) is 0 Å². The van der Waals surface area contributed by atoms with Gasteiger partial charge in [-0.1, -0.05) is 20.3 Å². The third-order valence-corrected chi connectivity index (χ3v) is 4.40. The molecule has 0 aliphatic carbocycles. The molecule has 1 aliphatic rings. The molecule has 1 aliphatic heterocycles. The molecule has 4 unspecified atom stereocenters. The van der Waals surface area contributed by atoms with Crippen molar-refractivity contribution < 1.29 is 4.21 Å². The van der Waals surface area contributed by atoms with E-state index in [9.17, 15) is 4.21 Å². The van der Waals surface area contributed by atoms with E-state index >= 15 is 0 Å². The summed E-state index contributed by atoms with van der Waals surface area (Å²) in [5, 5.41) is 3.57. The molecule has 0 aromatic heterocycles. The minimum absolute atomic E-state index is 0.461. The van der Waals surface area contributed by atoms with Gasteiger partial charge in [-0.3, -0.25) is 4.21 Å². The summed E-state index contributed by atoms with van der Waals surface area (Å²) >= 11 is 0. The van der Waals surface area contributed by atoms with Gasteiger partial charge < -0.3 is 5.32 Å². The van der Waals surface area contributed by atoms with Crippen molar-refractivity contribution in [3.63, 3.8) is 0 Å². The maximum Gasteiger partial charge on any atom is 0.0391 e. The Bertz CT molecular complexity index is 184. The highest BCUT2D eigenvalue weighted by molar-refractivity contribution is 7.85. The first-order chi connectivity index (χ1) is 6.13. The molecule has 0 aromatic rings. The lowest BCUT2D eigenvalue weighted by Crippen LogP contribution is -2.41. The second-order valence-corrected chi connectivity index (χ2v) is 5.78. The Hall–Kier alpha value is 0.110. The predicted molar refractivity (Wildman–Crippen MR) is 58.3 cm³/mol. The number of nitrogens with one attached hydrogen (secondary N) is 1. The first-order valence-electron chi connectivity index (χ1n) is 5.24. The van der Waals surface area contributed by atoms with Crippen LogP contribution >= 0.6 is 0 Å². The Labute approximate surface area is 83.9 Å². The Morgan fingerprint density at radius 3 is 2.92 bits per heavy atom. The molecule has 0 radical (unpaired) electrons. The summed E-state index contributed by atoms with van der Waals surface area (Å²) in [7, 11) is -0.593. The van der Waals surface area contributed by atoms with Crippen LogP contribution in [0, 0.1) is 5.92 Å². The predicted octanol–water partition coefficient (Wildman–Crippen LogP) is 1.53.